The summed E-state index contributed by atoms with van der Waals surface area (Å²) in [4.78, 5) is 17.1. The fourth-order valence-corrected chi connectivity index (χ4v) is 5.09. The van der Waals surface area contributed by atoms with E-state index < -0.39 is 17.7 Å². The summed E-state index contributed by atoms with van der Waals surface area (Å²) in [5.74, 6) is -0.123. The molecular weight excluding hydrogens is 489 g/mol. The number of benzene rings is 3. The summed E-state index contributed by atoms with van der Waals surface area (Å²) >= 11 is 1.33. The van der Waals surface area contributed by atoms with Gasteiger partial charge in [-0.15, -0.1) is 0 Å². The maximum atomic E-state index is 13.3. The van der Waals surface area contributed by atoms with Crippen LogP contribution in [0.5, 0.6) is 0 Å². The van der Waals surface area contributed by atoms with E-state index in [4.69, 9.17) is 9.15 Å². The van der Waals surface area contributed by atoms with Crippen LogP contribution in [0.3, 0.4) is 0 Å². The van der Waals surface area contributed by atoms with Crippen LogP contribution in [0.15, 0.2) is 82.4 Å². The van der Waals surface area contributed by atoms with Crippen molar-refractivity contribution in [1.29, 1.82) is 0 Å². The van der Waals surface area contributed by atoms with Crippen molar-refractivity contribution in [3.63, 3.8) is 0 Å². The number of ether oxygens (including phenoxy) is 1. The molecule has 0 atom stereocenters. The van der Waals surface area contributed by atoms with Gasteiger partial charge in [0, 0.05) is 16.7 Å². The minimum atomic E-state index is -4.46. The van der Waals surface area contributed by atoms with Crippen LogP contribution >= 0.6 is 11.8 Å². The summed E-state index contributed by atoms with van der Waals surface area (Å²) in [7, 11) is 0. The predicted octanol–water partition coefficient (Wildman–Crippen LogP) is 7.32. The number of aromatic nitrogens is 2. The number of para-hydroxylation sites is 1. The number of esters is 1. The molecule has 36 heavy (non-hydrogen) atoms. The molecule has 5 nitrogen and oxygen atoms in total. The maximum absolute atomic E-state index is 13.3. The number of carbonyl (C=O) groups excluding carboxylic acids is 1. The Morgan fingerprint density at radius 3 is 2.56 bits per heavy atom. The molecule has 0 unspecified atom stereocenters. The Balaban J connectivity index is 1.56. The number of carbonyl (C=O) groups is 1. The van der Waals surface area contributed by atoms with Gasteiger partial charge in [0.1, 0.15) is 5.58 Å². The summed E-state index contributed by atoms with van der Waals surface area (Å²) in [6.07, 6.45) is -4.46. The van der Waals surface area contributed by atoms with Gasteiger partial charge in [-0.25, -0.2) is 9.78 Å². The van der Waals surface area contributed by atoms with Crippen molar-refractivity contribution in [3.05, 3.63) is 95.2 Å². The number of fused-ring (bicyclic) bond motifs is 2. The van der Waals surface area contributed by atoms with Crippen LogP contribution in [0.2, 0.25) is 0 Å². The lowest BCUT2D eigenvalue weighted by Gasteiger charge is -2.10. The number of hydrogen-bond acceptors (Lipinski definition) is 5. The van der Waals surface area contributed by atoms with Crippen molar-refractivity contribution < 1.29 is 27.1 Å². The molecule has 0 N–H and O–H groups in total. The first-order valence-corrected chi connectivity index (χ1v) is 12.3. The molecule has 0 saturated heterocycles. The Labute approximate surface area is 208 Å². The third-order valence-electron chi connectivity index (χ3n) is 5.73. The lowest BCUT2D eigenvalue weighted by Crippen LogP contribution is -2.06. The van der Waals surface area contributed by atoms with Gasteiger partial charge in [0.25, 0.3) is 0 Å². The molecule has 0 spiro atoms. The third kappa shape index (κ3) is 4.70. The molecule has 3 aromatic carbocycles. The van der Waals surface area contributed by atoms with Crippen molar-refractivity contribution in [2.24, 2.45) is 0 Å². The number of alkyl halides is 3. The van der Waals surface area contributed by atoms with Crippen molar-refractivity contribution in [3.8, 4) is 0 Å². The second-order valence-corrected chi connectivity index (χ2v) is 9.02. The highest BCUT2D eigenvalue weighted by atomic mass is 32.2. The average Bonchev–Trinajstić information content (AvgIpc) is 3.41. The number of nitrogens with zero attached hydrogens (tertiary/aromatic N) is 2. The van der Waals surface area contributed by atoms with Gasteiger partial charge in [-0.3, -0.25) is 0 Å². The van der Waals surface area contributed by atoms with Crippen LogP contribution in [0, 0.1) is 0 Å². The smallest absolute Gasteiger partial charge is 0.416 e. The molecule has 0 amide bonds. The zero-order valence-corrected chi connectivity index (χ0v) is 20.0. The number of rotatable bonds is 7. The molecule has 5 rings (SSSR count). The van der Waals surface area contributed by atoms with Gasteiger partial charge in [0.2, 0.25) is 5.76 Å². The van der Waals surface area contributed by atoms with Crippen molar-refractivity contribution in [2.75, 3.05) is 6.61 Å². The third-order valence-corrected chi connectivity index (χ3v) is 6.73. The lowest BCUT2D eigenvalue weighted by molar-refractivity contribution is -0.137. The quantitative estimate of drug-likeness (QED) is 0.170. The van der Waals surface area contributed by atoms with E-state index in [1.165, 1.54) is 17.8 Å². The van der Waals surface area contributed by atoms with Crippen molar-refractivity contribution >= 4 is 39.7 Å². The molecule has 0 aliphatic carbocycles. The van der Waals surface area contributed by atoms with Crippen LogP contribution in [-0.2, 0) is 23.2 Å². The van der Waals surface area contributed by atoms with Gasteiger partial charge in [-0.05, 0) is 36.8 Å². The fraction of sp³-hybridized carbons (Fsp3) is 0.185. The SMILES string of the molecule is CCOC(=O)c1oc2ccccc2c1CSc1nc2cc(C(F)(F)F)ccc2n1Cc1ccccc1. The highest BCUT2D eigenvalue weighted by molar-refractivity contribution is 7.98. The van der Waals surface area contributed by atoms with Gasteiger partial charge < -0.3 is 13.7 Å². The molecular formula is C27H21F3N2O3S. The largest absolute Gasteiger partial charge is 0.460 e. The standard InChI is InChI=1S/C27H21F3N2O3S/c1-2-34-25(33)24-20(19-10-6-7-11-23(19)35-24)16-36-26-31-21-14-18(27(28,29)30)12-13-22(21)32(26)15-17-8-4-3-5-9-17/h3-14H,2,15-16H2,1H3. The molecule has 0 radical (unpaired) electrons. The number of hydrogen-bond donors (Lipinski definition) is 0. The number of imidazole rings is 1. The van der Waals surface area contributed by atoms with E-state index in [0.29, 0.717) is 34.1 Å². The van der Waals surface area contributed by atoms with E-state index in [2.05, 4.69) is 4.98 Å². The molecule has 5 aromatic rings. The predicted molar refractivity (Wildman–Crippen MR) is 132 cm³/mol. The van der Waals surface area contributed by atoms with E-state index >= 15 is 0 Å². The number of thioether (sulfide) groups is 1. The van der Waals surface area contributed by atoms with Gasteiger partial charge in [-0.1, -0.05) is 60.3 Å². The molecule has 0 fully saturated rings. The molecule has 0 bridgehead atoms. The van der Waals surface area contributed by atoms with Gasteiger partial charge in [0.05, 0.1) is 29.7 Å². The van der Waals surface area contributed by atoms with Crippen molar-refractivity contribution in [2.45, 2.75) is 30.6 Å². The minimum Gasteiger partial charge on any atom is -0.460 e. The van der Waals surface area contributed by atoms with Crippen LogP contribution in [0.1, 0.15) is 34.2 Å². The van der Waals surface area contributed by atoms with Crippen LogP contribution in [0.4, 0.5) is 13.2 Å². The molecule has 9 heteroatoms. The number of furan rings is 1. The normalized spacial score (nSPS) is 11.9. The van der Waals surface area contributed by atoms with E-state index in [1.807, 2.05) is 53.1 Å². The summed E-state index contributed by atoms with van der Waals surface area (Å²) in [6, 6.07) is 20.5. The fourth-order valence-electron chi connectivity index (χ4n) is 4.05. The molecule has 0 aliphatic rings. The van der Waals surface area contributed by atoms with E-state index in [1.54, 1.807) is 13.0 Å². The van der Waals surface area contributed by atoms with Gasteiger partial charge in [-0.2, -0.15) is 13.2 Å². The topological polar surface area (TPSA) is 57.3 Å². The van der Waals surface area contributed by atoms with Crippen LogP contribution in [-0.4, -0.2) is 22.1 Å². The van der Waals surface area contributed by atoms with Crippen LogP contribution < -0.4 is 0 Å². The zero-order chi connectivity index (χ0) is 25.3. The van der Waals surface area contributed by atoms with E-state index in [-0.39, 0.29) is 17.9 Å². The van der Waals surface area contributed by atoms with E-state index in [9.17, 15) is 18.0 Å². The van der Waals surface area contributed by atoms with Gasteiger partial charge >= 0.3 is 12.1 Å². The van der Waals surface area contributed by atoms with Crippen LogP contribution in [0.25, 0.3) is 22.0 Å². The van der Waals surface area contributed by atoms with E-state index in [0.717, 1.165) is 23.1 Å². The zero-order valence-electron chi connectivity index (χ0n) is 19.2. The second-order valence-electron chi connectivity index (χ2n) is 8.08. The Morgan fingerprint density at radius 1 is 1.06 bits per heavy atom. The summed E-state index contributed by atoms with van der Waals surface area (Å²) < 4.78 is 52.9. The van der Waals surface area contributed by atoms with Gasteiger partial charge in [0.15, 0.2) is 5.16 Å². The Bertz CT molecular complexity index is 1540. The average molecular weight is 511 g/mol. The minimum absolute atomic E-state index is 0.121. The molecule has 2 aromatic heterocycles. The Kier molecular flexibility index (Phi) is 6.49. The summed E-state index contributed by atoms with van der Waals surface area (Å²) in [5.41, 5.74) is 2.30. The lowest BCUT2D eigenvalue weighted by atomic mass is 10.1. The first-order chi connectivity index (χ1) is 17.3. The Morgan fingerprint density at radius 2 is 1.81 bits per heavy atom. The Hall–Kier alpha value is -3.72. The monoisotopic (exact) mass is 510 g/mol. The first-order valence-electron chi connectivity index (χ1n) is 11.3. The number of halogens is 3. The molecule has 2 heterocycles. The molecule has 184 valence electrons. The first kappa shape index (κ1) is 24.0. The highest BCUT2D eigenvalue weighted by Gasteiger charge is 2.31. The second kappa shape index (κ2) is 9.73. The maximum Gasteiger partial charge on any atom is 0.416 e. The highest BCUT2D eigenvalue weighted by Crippen LogP contribution is 2.36. The summed E-state index contributed by atoms with van der Waals surface area (Å²) in [5, 5.41) is 1.31. The molecule has 0 saturated carbocycles. The summed E-state index contributed by atoms with van der Waals surface area (Å²) in [6.45, 7) is 2.36. The van der Waals surface area contributed by atoms with Crippen molar-refractivity contribution in [1.82, 2.24) is 9.55 Å². The molecule has 0 aliphatic heterocycles.